The van der Waals surface area contributed by atoms with E-state index < -0.39 is 0 Å². The number of carbonyl (C=O) groups is 1. The summed E-state index contributed by atoms with van der Waals surface area (Å²) in [4.78, 5) is 10.8. The Morgan fingerprint density at radius 1 is 1.54 bits per heavy atom. The molecule has 0 rings (SSSR count). The number of esters is 1. The quantitative estimate of drug-likeness (QED) is 0.379. The molecule has 0 bridgehead atoms. The van der Waals surface area contributed by atoms with Gasteiger partial charge in [-0.05, 0) is 11.3 Å². The lowest BCUT2D eigenvalue weighted by Crippen LogP contribution is -2.16. The molecule has 0 fully saturated rings. The van der Waals surface area contributed by atoms with Gasteiger partial charge in [-0.2, -0.15) is 0 Å². The summed E-state index contributed by atoms with van der Waals surface area (Å²) >= 11 is 0. The molecule has 2 heteroatoms. The van der Waals surface area contributed by atoms with Crippen molar-refractivity contribution in [1.29, 1.82) is 0 Å². The lowest BCUT2D eigenvalue weighted by Gasteiger charge is -2.25. The first-order valence-electron chi connectivity index (χ1n) is 4.33. The molecule has 0 aromatic rings. The highest BCUT2D eigenvalue weighted by Gasteiger charge is 2.19. The predicted molar refractivity (Wildman–Crippen MR) is 54.3 cm³/mol. The summed E-state index contributed by atoms with van der Waals surface area (Å²) in [7, 11) is 1.37. The largest absolute Gasteiger partial charge is 0.466 e. The van der Waals surface area contributed by atoms with Gasteiger partial charge in [-0.3, -0.25) is 0 Å². The van der Waals surface area contributed by atoms with Crippen LogP contribution in [0, 0.1) is 11.3 Å². The first-order chi connectivity index (χ1) is 5.94. The van der Waals surface area contributed by atoms with Crippen LogP contribution in [0.15, 0.2) is 24.8 Å². The van der Waals surface area contributed by atoms with Crippen LogP contribution in [0.4, 0.5) is 0 Å². The minimum atomic E-state index is -0.313. The molecule has 0 aliphatic rings. The number of hydrogen-bond donors (Lipinski definition) is 0. The summed E-state index contributed by atoms with van der Waals surface area (Å²) in [5, 5.41) is 0. The molecule has 2 nitrogen and oxygen atoms in total. The second-order valence-electron chi connectivity index (χ2n) is 3.70. The van der Waals surface area contributed by atoms with Crippen LogP contribution in [0.5, 0.6) is 0 Å². The van der Waals surface area contributed by atoms with E-state index in [0.717, 1.165) is 0 Å². The molecular weight excluding hydrogens is 164 g/mol. The number of ether oxygens (including phenoxy) is 1. The van der Waals surface area contributed by atoms with Gasteiger partial charge in [0.25, 0.3) is 0 Å². The molecule has 1 atom stereocenters. The lowest BCUT2D eigenvalue weighted by atomic mass is 9.80. The van der Waals surface area contributed by atoms with Crippen LogP contribution in [0.2, 0.25) is 0 Å². The Labute approximate surface area is 80.3 Å². The van der Waals surface area contributed by atoms with Crippen molar-refractivity contribution in [3.05, 3.63) is 24.8 Å². The first kappa shape index (κ1) is 11.9. The van der Waals surface area contributed by atoms with E-state index in [9.17, 15) is 4.79 Å². The van der Waals surface area contributed by atoms with Gasteiger partial charge in [-0.1, -0.05) is 32.9 Å². The zero-order valence-electron chi connectivity index (χ0n) is 8.83. The Bertz CT molecular complexity index is 214. The van der Waals surface area contributed by atoms with E-state index in [1.165, 1.54) is 13.2 Å². The van der Waals surface area contributed by atoms with Crippen molar-refractivity contribution >= 4 is 5.97 Å². The third-order valence-electron chi connectivity index (χ3n) is 2.42. The smallest absolute Gasteiger partial charge is 0.330 e. The lowest BCUT2D eigenvalue weighted by molar-refractivity contribution is -0.134. The molecule has 0 N–H and O–H groups in total. The van der Waals surface area contributed by atoms with Crippen LogP contribution < -0.4 is 0 Å². The second-order valence-corrected chi connectivity index (χ2v) is 3.70. The normalized spacial score (nSPS) is 14.2. The van der Waals surface area contributed by atoms with Gasteiger partial charge < -0.3 is 4.74 Å². The van der Waals surface area contributed by atoms with Crippen LogP contribution >= 0.6 is 0 Å². The molecular formula is C11H18O2. The summed E-state index contributed by atoms with van der Waals surface area (Å²) in [6, 6.07) is 0. The molecule has 13 heavy (non-hydrogen) atoms. The highest BCUT2D eigenvalue weighted by atomic mass is 16.5. The van der Waals surface area contributed by atoms with Gasteiger partial charge in [0.05, 0.1) is 7.11 Å². The summed E-state index contributed by atoms with van der Waals surface area (Å²) in [5.41, 5.74) is 0.00449. The maximum Gasteiger partial charge on any atom is 0.330 e. The Balaban J connectivity index is 4.29. The SMILES string of the molecule is C=CC(C)(C)[C@H](C)/C=C/C(=O)OC. The van der Waals surface area contributed by atoms with Gasteiger partial charge >= 0.3 is 5.97 Å². The number of carbonyl (C=O) groups excluding carboxylic acids is 1. The van der Waals surface area contributed by atoms with Gasteiger partial charge in [0.1, 0.15) is 0 Å². The van der Waals surface area contributed by atoms with Gasteiger partial charge in [0, 0.05) is 6.08 Å². The molecule has 0 aromatic heterocycles. The predicted octanol–water partition coefficient (Wildman–Crippen LogP) is 2.56. The van der Waals surface area contributed by atoms with E-state index >= 15 is 0 Å². The topological polar surface area (TPSA) is 26.3 Å². The maximum absolute atomic E-state index is 10.8. The fourth-order valence-corrected chi connectivity index (χ4v) is 0.725. The summed E-state index contributed by atoms with van der Waals surface area (Å²) < 4.78 is 4.50. The Kier molecular flexibility index (Phi) is 4.46. The van der Waals surface area contributed by atoms with Crippen molar-refractivity contribution in [3.63, 3.8) is 0 Å². The summed E-state index contributed by atoms with van der Waals surface area (Å²) in [6.45, 7) is 9.94. The van der Waals surface area contributed by atoms with E-state index in [1.807, 2.05) is 19.1 Å². The molecule has 0 saturated heterocycles. The molecule has 0 aliphatic heterocycles. The summed E-state index contributed by atoms with van der Waals surface area (Å²) in [5.74, 6) is -0.0455. The third kappa shape index (κ3) is 3.92. The molecule has 0 radical (unpaired) electrons. The van der Waals surface area contributed by atoms with Gasteiger partial charge in [0.2, 0.25) is 0 Å². The Morgan fingerprint density at radius 3 is 2.46 bits per heavy atom. The van der Waals surface area contributed by atoms with E-state index in [0.29, 0.717) is 0 Å². The maximum atomic E-state index is 10.8. The Hall–Kier alpha value is -1.05. The van der Waals surface area contributed by atoms with Gasteiger partial charge in [-0.25, -0.2) is 4.79 Å². The van der Waals surface area contributed by atoms with Crippen LogP contribution in [0.1, 0.15) is 20.8 Å². The van der Waals surface area contributed by atoms with Crippen molar-refractivity contribution in [2.75, 3.05) is 7.11 Å². The number of rotatable bonds is 4. The van der Waals surface area contributed by atoms with E-state index in [2.05, 4.69) is 25.2 Å². The highest BCUT2D eigenvalue weighted by molar-refractivity contribution is 5.81. The van der Waals surface area contributed by atoms with Crippen molar-refractivity contribution in [1.82, 2.24) is 0 Å². The van der Waals surface area contributed by atoms with Crippen LogP contribution in [0.3, 0.4) is 0 Å². The molecule has 0 aliphatic carbocycles. The van der Waals surface area contributed by atoms with Crippen molar-refractivity contribution in [2.45, 2.75) is 20.8 Å². The fraction of sp³-hybridized carbons (Fsp3) is 0.545. The van der Waals surface area contributed by atoms with Crippen LogP contribution in [-0.2, 0) is 9.53 Å². The zero-order chi connectivity index (χ0) is 10.5. The average molecular weight is 182 g/mol. The minimum Gasteiger partial charge on any atom is -0.466 e. The molecule has 74 valence electrons. The number of methoxy groups -OCH3 is 1. The fourth-order valence-electron chi connectivity index (χ4n) is 0.725. The third-order valence-corrected chi connectivity index (χ3v) is 2.42. The molecule has 0 amide bonds. The zero-order valence-corrected chi connectivity index (χ0v) is 8.83. The van der Waals surface area contributed by atoms with Crippen molar-refractivity contribution in [2.24, 2.45) is 11.3 Å². The van der Waals surface area contributed by atoms with Gasteiger partial charge in [-0.15, -0.1) is 6.58 Å². The number of hydrogen-bond acceptors (Lipinski definition) is 2. The van der Waals surface area contributed by atoms with Crippen LogP contribution in [0.25, 0.3) is 0 Å². The van der Waals surface area contributed by atoms with E-state index in [4.69, 9.17) is 0 Å². The monoisotopic (exact) mass is 182 g/mol. The molecule has 0 saturated carbocycles. The van der Waals surface area contributed by atoms with E-state index in [1.54, 1.807) is 0 Å². The molecule has 0 unspecified atom stereocenters. The van der Waals surface area contributed by atoms with E-state index in [-0.39, 0.29) is 17.3 Å². The summed E-state index contributed by atoms with van der Waals surface area (Å²) in [6.07, 6.45) is 5.18. The second kappa shape index (κ2) is 4.85. The Morgan fingerprint density at radius 2 is 2.08 bits per heavy atom. The molecule has 0 aromatic carbocycles. The minimum absolute atomic E-state index is 0.00449. The molecule has 0 heterocycles. The molecule has 0 spiro atoms. The number of allylic oxidation sites excluding steroid dienone is 2. The first-order valence-corrected chi connectivity index (χ1v) is 4.33. The van der Waals surface area contributed by atoms with Crippen LogP contribution in [-0.4, -0.2) is 13.1 Å². The van der Waals surface area contributed by atoms with Crippen molar-refractivity contribution < 1.29 is 9.53 Å². The standard InChI is InChI=1S/C11H18O2/c1-6-11(3,4)9(2)7-8-10(12)13-5/h6-9H,1H2,2-5H3/b8-7+/t9-/m1/s1. The highest BCUT2D eigenvalue weighted by Crippen LogP contribution is 2.28. The van der Waals surface area contributed by atoms with Crippen molar-refractivity contribution in [3.8, 4) is 0 Å². The average Bonchev–Trinajstić information content (AvgIpc) is 2.13. The van der Waals surface area contributed by atoms with Gasteiger partial charge in [0.15, 0.2) is 0 Å².